The number of unbranched alkanes of at least 4 members (excludes halogenated alkanes) is 3. The van der Waals surface area contributed by atoms with Gasteiger partial charge in [0.25, 0.3) is 0 Å². The third-order valence-electron chi connectivity index (χ3n) is 9.50. The highest BCUT2D eigenvalue weighted by molar-refractivity contribution is 5.96. The number of benzene rings is 1. The van der Waals surface area contributed by atoms with Gasteiger partial charge in [-0.05, 0) is 65.0 Å². The Kier molecular flexibility index (Phi) is 12.3. The lowest BCUT2D eigenvalue weighted by atomic mass is 10.0. The van der Waals surface area contributed by atoms with Gasteiger partial charge in [-0.1, -0.05) is 37.1 Å². The van der Waals surface area contributed by atoms with Crippen LogP contribution in [0.5, 0.6) is 0 Å². The van der Waals surface area contributed by atoms with Crippen LogP contribution in [0.4, 0.5) is 14.0 Å². The SMILES string of the molecule is C=CCCCCC[C@H](NC(=O)OC(C)(C)C)C(=O)N1C[C@H](OC(=O)N2Cc3cccc(F)c3C2)C[C@H]1C(=O)N(C)[C@]1(C(=O)OCC)C[C@H]1C=C. The normalized spacial score (nSPS) is 23.0. The molecule has 1 saturated carbocycles. The quantitative estimate of drug-likeness (QED) is 0.121. The van der Waals surface area contributed by atoms with E-state index in [0.717, 1.165) is 19.3 Å². The van der Waals surface area contributed by atoms with E-state index in [2.05, 4.69) is 18.5 Å². The molecule has 3 aliphatic rings. The standard InChI is InChI=1S/C37H51FN4O8/c1-8-11-12-13-14-18-29(39-34(46)50-36(4,5)6)31(43)42-22-26(49-35(47)41-21-24-16-15-17-28(38)27(24)23-41)19-30(42)32(44)40(7)37(20-25(37)9-2)33(45)48-10-3/h8-9,15-17,25-26,29-30H,1-2,10-14,18-23H2,3-7H3,(H,39,46)/t25-,26-,29+,30+,37-/m1/s1. The number of likely N-dealkylation sites (tertiary alicyclic amines) is 1. The Morgan fingerprint density at radius 2 is 1.88 bits per heavy atom. The number of amides is 4. The summed E-state index contributed by atoms with van der Waals surface area (Å²) in [6.07, 6.45) is 4.62. The molecular formula is C37H51FN4O8. The number of alkyl carbamates (subject to hydrolysis) is 1. The highest BCUT2D eigenvalue weighted by Gasteiger charge is 2.65. The van der Waals surface area contributed by atoms with Crippen molar-refractivity contribution in [1.82, 2.24) is 20.0 Å². The Morgan fingerprint density at radius 1 is 1.14 bits per heavy atom. The average Bonchev–Trinajstić information content (AvgIpc) is 3.39. The second-order valence-corrected chi connectivity index (χ2v) is 14.2. The van der Waals surface area contributed by atoms with Gasteiger partial charge in [0.15, 0.2) is 0 Å². The van der Waals surface area contributed by atoms with Crippen LogP contribution in [0.15, 0.2) is 43.5 Å². The molecule has 1 N–H and O–H groups in total. The summed E-state index contributed by atoms with van der Waals surface area (Å²) < 4.78 is 31.1. The zero-order valence-electron chi connectivity index (χ0n) is 29.9. The maximum Gasteiger partial charge on any atom is 0.410 e. The molecular weight excluding hydrogens is 647 g/mol. The van der Waals surface area contributed by atoms with Crippen LogP contribution in [-0.4, -0.2) is 94.2 Å². The minimum atomic E-state index is -1.27. The van der Waals surface area contributed by atoms with Crippen LogP contribution in [0.1, 0.15) is 83.8 Å². The smallest absolute Gasteiger partial charge is 0.410 e. The van der Waals surface area contributed by atoms with Gasteiger partial charge in [0, 0.05) is 31.5 Å². The van der Waals surface area contributed by atoms with Gasteiger partial charge in [0.1, 0.15) is 35.1 Å². The van der Waals surface area contributed by atoms with E-state index in [1.165, 1.54) is 27.8 Å². The minimum absolute atomic E-state index is 0.0278. The van der Waals surface area contributed by atoms with Crippen molar-refractivity contribution >= 4 is 30.0 Å². The van der Waals surface area contributed by atoms with Crippen molar-refractivity contribution in [2.75, 3.05) is 20.2 Å². The number of allylic oxidation sites excluding steroid dienone is 1. The first-order valence-corrected chi connectivity index (χ1v) is 17.4. The van der Waals surface area contributed by atoms with Gasteiger partial charge >= 0.3 is 18.2 Å². The molecule has 0 unspecified atom stereocenters. The van der Waals surface area contributed by atoms with Crippen LogP contribution in [0.3, 0.4) is 0 Å². The Bertz CT molecular complexity index is 1480. The van der Waals surface area contributed by atoms with Crippen molar-refractivity contribution < 1.29 is 42.6 Å². The number of carbonyl (C=O) groups is 5. The van der Waals surface area contributed by atoms with E-state index < -0.39 is 65.1 Å². The minimum Gasteiger partial charge on any atom is -0.464 e. The van der Waals surface area contributed by atoms with Crippen molar-refractivity contribution in [3.05, 3.63) is 60.5 Å². The van der Waals surface area contributed by atoms with Crippen LogP contribution < -0.4 is 5.32 Å². The number of rotatable bonds is 14. The summed E-state index contributed by atoms with van der Waals surface area (Å²) in [5, 5.41) is 2.70. The molecule has 50 heavy (non-hydrogen) atoms. The summed E-state index contributed by atoms with van der Waals surface area (Å²) in [6.45, 7) is 14.5. The Morgan fingerprint density at radius 3 is 2.50 bits per heavy atom. The van der Waals surface area contributed by atoms with Crippen LogP contribution in [0.25, 0.3) is 0 Å². The summed E-state index contributed by atoms with van der Waals surface area (Å²) in [6, 6.07) is 2.49. The number of hydrogen-bond acceptors (Lipinski definition) is 8. The summed E-state index contributed by atoms with van der Waals surface area (Å²) in [4.78, 5) is 72.1. The monoisotopic (exact) mass is 698 g/mol. The molecule has 12 nitrogen and oxygen atoms in total. The van der Waals surface area contributed by atoms with Crippen molar-refractivity contribution in [3.8, 4) is 0 Å². The molecule has 2 heterocycles. The molecule has 1 saturated heterocycles. The van der Waals surface area contributed by atoms with Crippen LogP contribution >= 0.6 is 0 Å². The van der Waals surface area contributed by atoms with E-state index >= 15 is 0 Å². The lowest BCUT2D eigenvalue weighted by molar-refractivity contribution is -0.158. The van der Waals surface area contributed by atoms with E-state index in [0.29, 0.717) is 24.0 Å². The number of halogens is 1. The highest BCUT2D eigenvalue weighted by Crippen LogP contribution is 2.50. The number of hydrogen-bond donors (Lipinski definition) is 1. The number of carbonyl (C=O) groups excluding carboxylic acids is 5. The molecule has 0 bridgehead atoms. The molecule has 2 aliphatic heterocycles. The number of nitrogens with one attached hydrogen (secondary N) is 1. The Hall–Kier alpha value is -4.42. The Balaban J connectivity index is 1.59. The highest BCUT2D eigenvalue weighted by atomic mass is 19.1. The lowest BCUT2D eigenvalue weighted by Gasteiger charge is -2.34. The third kappa shape index (κ3) is 8.65. The van der Waals surface area contributed by atoms with E-state index in [9.17, 15) is 28.4 Å². The molecule has 4 amide bonds. The van der Waals surface area contributed by atoms with Gasteiger partial charge in [-0.15, -0.1) is 13.2 Å². The predicted octanol–water partition coefficient (Wildman–Crippen LogP) is 5.24. The van der Waals surface area contributed by atoms with E-state index in [4.69, 9.17) is 14.2 Å². The first kappa shape index (κ1) is 38.4. The second-order valence-electron chi connectivity index (χ2n) is 14.2. The molecule has 5 atom stereocenters. The summed E-state index contributed by atoms with van der Waals surface area (Å²) in [7, 11) is 1.50. The van der Waals surface area contributed by atoms with Crippen molar-refractivity contribution in [2.24, 2.45) is 5.92 Å². The molecule has 0 spiro atoms. The topological polar surface area (TPSA) is 135 Å². The fourth-order valence-electron chi connectivity index (χ4n) is 6.80. The molecule has 2 fully saturated rings. The first-order chi connectivity index (χ1) is 23.7. The van der Waals surface area contributed by atoms with Gasteiger partial charge < -0.3 is 29.3 Å². The van der Waals surface area contributed by atoms with Crippen LogP contribution in [0.2, 0.25) is 0 Å². The van der Waals surface area contributed by atoms with E-state index in [1.807, 2.05) is 6.08 Å². The van der Waals surface area contributed by atoms with Gasteiger partial charge in [-0.3, -0.25) is 14.5 Å². The van der Waals surface area contributed by atoms with Gasteiger partial charge in [-0.2, -0.15) is 0 Å². The van der Waals surface area contributed by atoms with E-state index in [-0.39, 0.29) is 45.0 Å². The molecule has 274 valence electrons. The largest absolute Gasteiger partial charge is 0.464 e. The summed E-state index contributed by atoms with van der Waals surface area (Å²) in [5.41, 5.74) is -1.00. The third-order valence-corrected chi connectivity index (χ3v) is 9.50. The van der Waals surface area contributed by atoms with Gasteiger partial charge in [-0.25, -0.2) is 18.8 Å². The van der Waals surface area contributed by atoms with Crippen LogP contribution in [-0.2, 0) is 41.7 Å². The molecule has 13 heteroatoms. The number of fused-ring (bicyclic) bond motifs is 1. The number of esters is 1. The number of likely N-dealkylation sites (N-methyl/N-ethyl adjacent to an activating group) is 1. The predicted molar refractivity (Wildman–Crippen MR) is 183 cm³/mol. The fourth-order valence-corrected chi connectivity index (χ4v) is 6.80. The average molecular weight is 699 g/mol. The molecule has 1 aromatic carbocycles. The molecule has 1 aliphatic carbocycles. The van der Waals surface area contributed by atoms with E-state index in [1.54, 1.807) is 45.9 Å². The zero-order chi connectivity index (χ0) is 36.8. The number of nitrogens with zero attached hydrogens (tertiary/aromatic N) is 3. The molecule has 4 rings (SSSR count). The zero-order valence-corrected chi connectivity index (χ0v) is 29.9. The van der Waals surface area contributed by atoms with Crippen molar-refractivity contribution in [1.29, 1.82) is 0 Å². The van der Waals surface area contributed by atoms with Crippen LogP contribution in [0, 0.1) is 11.7 Å². The lowest BCUT2D eigenvalue weighted by Crippen LogP contribution is -2.57. The Labute approximate surface area is 293 Å². The summed E-state index contributed by atoms with van der Waals surface area (Å²) >= 11 is 0. The molecule has 0 aromatic heterocycles. The first-order valence-electron chi connectivity index (χ1n) is 17.4. The van der Waals surface area contributed by atoms with Crippen molar-refractivity contribution in [3.63, 3.8) is 0 Å². The van der Waals surface area contributed by atoms with Gasteiger partial charge in [0.2, 0.25) is 11.8 Å². The summed E-state index contributed by atoms with van der Waals surface area (Å²) in [5.74, 6) is -2.40. The second kappa shape index (κ2) is 16.1. The fraction of sp³-hybridized carbons (Fsp3) is 0.595. The molecule has 0 radical (unpaired) electrons. The molecule has 1 aromatic rings. The van der Waals surface area contributed by atoms with Gasteiger partial charge in [0.05, 0.1) is 19.7 Å². The maximum absolute atomic E-state index is 14.4. The van der Waals surface area contributed by atoms with Crippen molar-refractivity contribution in [2.45, 2.75) is 115 Å². The maximum atomic E-state index is 14.4. The number of ether oxygens (including phenoxy) is 3.